The predicted octanol–water partition coefficient (Wildman–Crippen LogP) is 0.769. The number of hydrogen-bond acceptors (Lipinski definition) is 4. The highest BCUT2D eigenvalue weighted by Crippen LogP contribution is 2.32. The van der Waals surface area contributed by atoms with Crippen molar-refractivity contribution in [2.45, 2.75) is 38.7 Å². The molecule has 0 bridgehead atoms. The van der Waals surface area contributed by atoms with E-state index in [0.717, 1.165) is 38.8 Å². The summed E-state index contributed by atoms with van der Waals surface area (Å²) < 4.78 is 11.0. The smallest absolute Gasteiger partial charge is 0.230 e. The number of rotatable bonds is 4. The molecule has 2 aliphatic heterocycles. The summed E-state index contributed by atoms with van der Waals surface area (Å²) in [5.41, 5.74) is 5.51. The lowest BCUT2D eigenvalue weighted by Crippen LogP contribution is -2.54. The topological polar surface area (TPSA) is 64.8 Å². The van der Waals surface area contributed by atoms with Crippen molar-refractivity contribution in [2.24, 2.45) is 11.1 Å². The summed E-state index contributed by atoms with van der Waals surface area (Å²) in [5.74, 6) is 0.211. The zero-order valence-corrected chi connectivity index (χ0v) is 11.9. The van der Waals surface area contributed by atoms with Crippen molar-refractivity contribution in [3.05, 3.63) is 0 Å². The maximum Gasteiger partial charge on any atom is 0.230 e. The minimum absolute atomic E-state index is 0.192. The maximum atomic E-state index is 12.8. The van der Waals surface area contributed by atoms with Gasteiger partial charge in [0.25, 0.3) is 0 Å². The summed E-state index contributed by atoms with van der Waals surface area (Å²) in [4.78, 5) is 14.8. The average Bonchev–Trinajstić information content (AvgIpc) is 2.48. The second-order valence-corrected chi connectivity index (χ2v) is 5.57. The first-order valence-electron chi connectivity index (χ1n) is 7.40. The van der Waals surface area contributed by atoms with Crippen LogP contribution in [0.4, 0.5) is 0 Å². The van der Waals surface area contributed by atoms with E-state index in [-0.39, 0.29) is 12.0 Å². The lowest BCUT2D eigenvalue weighted by molar-refractivity contribution is -0.151. The molecule has 0 saturated carbocycles. The molecule has 0 aromatic heterocycles. The highest BCUT2D eigenvalue weighted by molar-refractivity contribution is 5.83. The minimum atomic E-state index is -0.396. The first kappa shape index (κ1) is 14.8. The molecule has 5 nitrogen and oxygen atoms in total. The minimum Gasteiger partial charge on any atom is -0.381 e. The molecular formula is C14H26N2O3. The number of hydrogen-bond donors (Lipinski definition) is 1. The lowest BCUT2D eigenvalue weighted by atomic mass is 9.78. The molecule has 0 spiro atoms. The second kappa shape index (κ2) is 6.68. The maximum absolute atomic E-state index is 12.8. The van der Waals surface area contributed by atoms with E-state index in [1.54, 1.807) is 0 Å². The molecule has 1 amide bonds. The van der Waals surface area contributed by atoms with Gasteiger partial charge in [-0.05, 0) is 32.6 Å². The van der Waals surface area contributed by atoms with Gasteiger partial charge >= 0.3 is 0 Å². The molecule has 1 unspecified atom stereocenters. The van der Waals surface area contributed by atoms with Crippen LogP contribution in [0.15, 0.2) is 0 Å². The molecule has 0 aliphatic carbocycles. The Balaban J connectivity index is 2.00. The Morgan fingerprint density at radius 1 is 1.47 bits per heavy atom. The van der Waals surface area contributed by atoms with E-state index in [1.165, 1.54) is 0 Å². The molecular weight excluding hydrogens is 244 g/mol. The molecule has 2 rings (SSSR count). The third-order valence-corrected chi connectivity index (χ3v) is 4.36. The SMILES string of the molecule is CCOC1CCCN(C(=O)C2(CN)CCOCC2)C1. The molecule has 1 atom stereocenters. The number of piperidine rings is 1. The van der Waals surface area contributed by atoms with Gasteiger partial charge < -0.3 is 20.1 Å². The summed E-state index contributed by atoms with van der Waals surface area (Å²) in [5, 5.41) is 0. The molecule has 19 heavy (non-hydrogen) atoms. The Hall–Kier alpha value is -0.650. The van der Waals surface area contributed by atoms with E-state index in [4.69, 9.17) is 15.2 Å². The number of nitrogens with two attached hydrogens (primary N) is 1. The van der Waals surface area contributed by atoms with E-state index >= 15 is 0 Å². The summed E-state index contributed by atoms with van der Waals surface area (Å²) in [6.07, 6.45) is 3.76. The summed E-state index contributed by atoms with van der Waals surface area (Å²) in [6, 6.07) is 0. The molecule has 5 heteroatoms. The fraction of sp³-hybridized carbons (Fsp3) is 0.929. The number of carbonyl (C=O) groups excluding carboxylic acids is 1. The fourth-order valence-electron chi connectivity index (χ4n) is 3.10. The molecule has 110 valence electrons. The van der Waals surface area contributed by atoms with Gasteiger partial charge in [-0.2, -0.15) is 0 Å². The van der Waals surface area contributed by atoms with Crippen molar-refractivity contribution in [3.8, 4) is 0 Å². The van der Waals surface area contributed by atoms with Crippen molar-refractivity contribution < 1.29 is 14.3 Å². The van der Waals surface area contributed by atoms with Crippen molar-refractivity contribution in [1.29, 1.82) is 0 Å². The van der Waals surface area contributed by atoms with Crippen molar-refractivity contribution >= 4 is 5.91 Å². The molecule has 2 aliphatic rings. The Kier molecular flexibility index (Phi) is 5.19. The van der Waals surface area contributed by atoms with Crippen LogP contribution >= 0.6 is 0 Å². The van der Waals surface area contributed by atoms with Crippen LogP contribution in [-0.4, -0.2) is 56.4 Å². The van der Waals surface area contributed by atoms with E-state index in [9.17, 15) is 4.79 Å². The number of likely N-dealkylation sites (tertiary alicyclic amines) is 1. The first-order valence-corrected chi connectivity index (χ1v) is 7.40. The van der Waals surface area contributed by atoms with E-state index in [0.29, 0.717) is 26.4 Å². The van der Waals surface area contributed by atoms with Gasteiger partial charge in [-0.15, -0.1) is 0 Å². The summed E-state index contributed by atoms with van der Waals surface area (Å²) in [7, 11) is 0. The third kappa shape index (κ3) is 3.27. The van der Waals surface area contributed by atoms with Gasteiger partial charge in [-0.25, -0.2) is 0 Å². The summed E-state index contributed by atoms with van der Waals surface area (Å²) in [6.45, 7) is 5.98. The van der Waals surface area contributed by atoms with Crippen LogP contribution in [0.2, 0.25) is 0 Å². The van der Waals surface area contributed by atoms with Crippen LogP contribution in [0.25, 0.3) is 0 Å². The number of ether oxygens (including phenoxy) is 2. The quantitative estimate of drug-likeness (QED) is 0.819. The van der Waals surface area contributed by atoms with Gasteiger partial charge in [0.15, 0.2) is 0 Å². The highest BCUT2D eigenvalue weighted by atomic mass is 16.5. The van der Waals surface area contributed by atoms with Crippen LogP contribution in [0, 0.1) is 5.41 Å². The Labute approximate surface area is 115 Å². The summed E-state index contributed by atoms with van der Waals surface area (Å²) >= 11 is 0. The number of amides is 1. The zero-order valence-electron chi connectivity index (χ0n) is 11.9. The number of carbonyl (C=O) groups is 1. The van der Waals surface area contributed by atoms with Crippen LogP contribution in [0.1, 0.15) is 32.6 Å². The first-order chi connectivity index (χ1) is 9.22. The monoisotopic (exact) mass is 270 g/mol. The highest BCUT2D eigenvalue weighted by Gasteiger charge is 2.42. The predicted molar refractivity (Wildman–Crippen MR) is 72.8 cm³/mol. The van der Waals surface area contributed by atoms with Crippen LogP contribution < -0.4 is 5.73 Å². The second-order valence-electron chi connectivity index (χ2n) is 5.57. The molecule has 2 N–H and O–H groups in total. The molecule has 2 heterocycles. The zero-order chi connectivity index (χ0) is 13.7. The van der Waals surface area contributed by atoms with Crippen molar-refractivity contribution in [3.63, 3.8) is 0 Å². The van der Waals surface area contributed by atoms with Gasteiger partial charge in [-0.3, -0.25) is 4.79 Å². The largest absolute Gasteiger partial charge is 0.381 e. The molecule has 2 fully saturated rings. The average molecular weight is 270 g/mol. The van der Waals surface area contributed by atoms with E-state index in [2.05, 4.69) is 0 Å². The Morgan fingerprint density at radius 2 is 2.21 bits per heavy atom. The number of nitrogens with zero attached hydrogens (tertiary/aromatic N) is 1. The van der Waals surface area contributed by atoms with Gasteiger partial charge in [0.05, 0.1) is 11.5 Å². The van der Waals surface area contributed by atoms with Crippen LogP contribution in [0.3, 0.4) is 0 Å². The molecule has 0 radical (unpaired) electrons. The van der Waals surface area contributed by atoms with Crippen LogP contribution in [0.5, 0.6) is 0 Å². The van der Waals surface area contributed by atoms with Gasteiger partial charge in [-0.1, -0.05) is 0 Å². The molecule has 0 aromatic carbocycles. The third-order valence-electron chi connectivity index (χ3n) is 4.36. The normalized spacial score (nSPS) is 27.3. The standard InChI is InChI=1S/C14H26N2O3/c1-2-19-12-4-3-7-16(10-12)13(17)14(11-15)5-8-18-9-6-14/h12H,2-11,15H2,1H3. The Bertz CT molecular complexity index is 301. The lowest BCUT2D eigenvalue weighted by Gasteiger charge is -2.41. The Morgan fingerprint density at radius 3 is 2.84 bits per heavy atom. The molecule has 0 aromatic rings. The van der Waals surface area contributed by atoms with Gasteiger partial charge in [0, 0.05) is 39.5 Å². The van der Waals surface area contributed by atoms with Crippen molar-refractivity contribution in [1.82, 2.24) is 4.90 Å². The van der Waals surface area contributed by atoms with Gasteiger partial charge in [0.2, 0.25) is 5.91 Å². The molecule has 2 saturated heterocycles. The van der Waals surface area contributed by atoms with Crippen molar-refractivity contribution in [2.75, 3.05) is 39.5 Å². The van der Waals surface area contributed by atoms with Crippen LogP contribution in [-0.2, 0) is 14.3 Å². The van der Waals surface area contributed by atoms with E-state index < -0.39 is 5.41 Å². The van der Waals surface area contributed by atoms with E-state index in [1.807, 2.05) is 11.8 Å². The van der Waals surface area contributed by atoms with Gasteiger partial charge in [0.1, 0.15) is 0 Å². The fourth-order valence-corrected chi connectivity index (χ4v) is 3.10.